The Morgan fingerprint density at radius 3 is 3.11 bits per heavy atom. The van der Waals surface area contributed by atoms with Crippen LogP contribution in [0.5, 0.6) is 0 Å². The van der Waals surface area contributed by atoms with Crippen molar-refractivity contribution in [2.24, 2.45) is 0 Å². The molecule has 1 fully saturated rings. The molecule has 0 unspecified atom stereocenters. The van der Waals surface area contributed by atoms with Gasteiger partial charge in [-0.25, -0.2) is 0 Å². The molecule has 1 aromatic carbocycles. The number of aliphatic hydroxyl groups is 1. The summed E-state index contributed by atoms with van der Waals surface area (Å²) in [6.45, 7) is 2.14. The number of fused-ring (bicyclic) bond motifs is 1. The summed E-state index contributed by atoms with van der Waals surface area (Å²) in [6.07, 6.45) is 2.49. The van der Waals surface area contributed by atoms with Crippen molar-refractivity contribution < 1.29 is 9.90 Å². The number of aryl methyl sites for hydroxylation is 1. The SMILES string of the molecule is O=C(c1ccc2c(c1)CCCN2)N1CC[C@H](O)C1. The van der Waals surface area contributed by atoms with Crippen molar-refractivity contribution in [3.05, 3.63) is 29.3 Å². The normalized spacial score (nSPS) is 22.5. The lowest BCUT2D eigenvalue weighted by molar-refractivity contribution is 0.0765. The minimum atomic E-state index is -0.353. The van der Waals surface area contributed by atoms with E-state index in [9.17, 15) is 9.90 Å². The van der Waals surface area contributed by atoms with E-state index >= 15 is 0 Å². The van der Waals surface area contributed by atoms with Crippen molar-refractivity contribution in [2.75, 3.05) is 25.0 Å². The first kappa shape index (κ1) is 11.5. The maximum absolute atomic E-state index is 12.3. The maximum Gasteiger partial charge on any atom is 0.253 e. The average Bonchev–Trinajstić information content (AvgIpc) is 2.84. The molecule has 2 aliphatic heterocycles. The summed E-state index contributed by atoms with van der Waals surface area (Å²) in [5, 5.41) is 12.8. The Labute approximate surface area is 107 Å². The van der Waals surface area contributed by atoms with Gasteiger partial charge in [-0.1, -0.05) is 0 Å². The fourth-order valence-corrected chi connectivity index (χ4v) is 2.72. The quantitative estimate of drug-likeness (QED) is 0.784. The van der Waals surface area contributed by atoms with Gasteiger partial charge in [0.1, 0.15) is 0 Å². The van der Waals surface area contributed by atoms with Gasteiger partial charge in [0.2, 0.25) is 0 Å². The lowest BCUT2D eigenvalue weighted by Gasteiger charge is -2.20. The highest BCUT2D eigenvalue weighted by Crippen LogP contribution is 2.24. The van der Waals surface area contributed by atoms with E-state index in [0.717, 1.165) is 30.6 Å². The predicted molar refractivity (Wildman–Crippen MR) is 69.8 cm³/mol. The molecule has 3 rings (SSSR count). The molecule has 18 heavy (non-hydrogen) atoms. The zero-order chi connectivity index (χ0) is 12.5. The summed E-state index contributed by atoms with van der Waals surface area (Å²) in [5.74, 6) is 0.0416. The predicted octanol–water partition coefficient (Wildman–Crippen LogP) is 1.25. The van der Waals surface area contributed by atoms with E-state index in [2.05, 4.69) is 5.32 Å². The Morgan fingerprint density at radius 2 is 2.33 bits per heavy atom. The maximum atomic E-state index is 12.3. The number of nitrogens with one attached hydrogen (secondary N) is 1. The van der Waals surface area contributed by atoms with Crippen molar-refractivity contribution in [3.63, 3.8) is 0 Å². The monoisotopic (exact) mass is 246 g/mol. The molecule has 0 saturated carbocycles. The second-order valence-corrected chi connectivity index (χ2v) is 5.10. The van der Waals surface area contributed by atoms with Crippen molar-refractivity contribution in [2.45, 2.75) is 25.4 Å². The van der Waals surface area contributed by atoms with Crippen LogP contribution in [0.15, 0.2) is 18.2 Å². The summed E-state index contributed by atoms with van der Waals surface area (Å²) in [6, 6.07) is 5.87. The number of amides is 1. The number of hydrogen-bond donors (Lipinski definition) is 2. The third kappa shape index (κ3) is 2.08. The van der Waals surface area contributed by atoms with Gasteiger partial charge in [0.25, 0.3) is 5.91 Å². The van der Waals surface area contributed by atoms with Gasteiger partial charge in [-0.2, -0.15) is 0 Å². The van der Waals surface area contributed by atoms with E-state index in [1.165, 1.54) is 5.56 Å². The fourth-order valence-electron chi connectivity index (χ4n) is 2.72. The highest BCUT2D eigenvalue weighted by molar-refractivity contribution is 5.95. The first-order valence-corrected chi connectivity index (χ1v) is 6.58. The van der Waals surface area contributed by atoms with Crippen LogP contribution in [0.4, 0.5) is 5.69 Å². The second-order valence-electron chi connectivity index (χ2n) is 5.10. The molecular weight excluding hydrogens is 228 g/mol. The molecule has 2 aliphatic rings. The van der Waals surface area contributed by atoms with E-state index < -0.39 is 0 Å². The Bertz CT molecular complexity index is 473. The zero-order valence-corrected chi connectivity index (χ0v) is 10.4. The smallest absolute Gasteiger partial charge is 0.253 e. The lowest BCUT2D eigenvalue weighted by Crippen LogP contribution is -2.29. The number of likely N-dealkylation sites (tertiary alicyclic amines) is 1. The molecule has 0 radical (unpaired) electrons. The second kappa shape index (κ2) is 4.61. The number of β-amino-alcohol motifs (C(OH)–C–C–N with tert-alkyl or cyclic N) is 1. The van der Waals surface area contributed by atoms with Gasteiger partial charge >= 0.3 is 0 Å². The molecule has 0 spiro atoms. The highest BCUT2D eigenvalue weighted by atomic mass is 16.3. The number of aliphatic hydroxyl groups excluding tert-OH is 1. The summed E-state index contributed by atoms with van der Waals surface area (Å²) in [5.41, 5.74) is 3.12. The topological polar surface area (TPSA) is 52.6 Å². The molecule has 1 saturated heterocycles. The number of rotatable bonds is 1. The summed E-state index contributed by atoms with van der Waals surface area (Å²) < 4.78 is 0. The van der Waals surface area contributed by atoms with Gasteiger partial charge < -0.3 is 15.3 Å². The molecule has 0 aromatic heterocycles. The lowest BCUT2D eigenvalue weighted by atomic mass is 10.0. The van der Waals surface area contributed by atoms with Crippen LogP contribution in [0.25, 0.3) is 0 Å². The number of nitrogens with zero attached hydrogens (tertiary/aromatic N) is 1. The molecule has 0 bridgehead atoms. The van der Waals surface area contributed by atoms with Crippen molar-refractivity contribution in [1.82, 2.24) is 4.90 Å². The van der Waals surface area contributed by atoms with Crippen LogP contribution in [0.3, 0.4) is 0 Å². The van der Waals surface area contributed by atoms with E-state index in [1.54, 1.807) is 4.90 Å². The minimum Gasteiger partial charge on any atom is -0.391 e. The van der Waals surface area contributed by atoms with Gasteiger partial charge in [-0.05, 0) is 43.0 Å². The summed E-state index contributed by atoms with van der Waals surface area (Å²) in [4.78, 5) is 14.0. The third-order valence-corrected chi connectivity index (χ3v) is 3.74. The number of carbonyl (C=O) groups excluding carboxylic acids is 1. The van der Waals surface area contributed by atoms with Crippen LogP contribution in [0, 0.1) is 0 Å². The molecule has 2 N–H and O–H groups in total. The Morgan fingerprint density at radius 1 is 1.44 bits per heavy atom. The van der Waals surface area contributed by atoms with Gasteiger partial charge in [0.15, 0.2) is 0 Å². The molecular formula is C14H18N2O2. The van der Waals surface area contributed by atoms with Crippen molar-refractivity contribution in [3.8, 4) is 0 Å². The minimum absolute atomic E-state index is 0.0416. The Hall–Kier alpha value is -1.55. The molecule has 1 amide bonds. The van der Waals surface area contributed by atoms with Crippen molar-refractivity contribution in [1.29, 1.82) is 0 Å². The molecule has 0 aliphatic carbocycles. The Kier molecular flexibility index (Phi) is 2.96. The molecule has 1 atom stereocenters. The van der Waals surface area contributed by atoms with Gasteiger partial charge in [-0.15, -0.1) is 0 Å². The molecule has 4 nitrogen and oxygen atoms in total. The first-order valence-electron chi connectivity index (χ1n) is 6.58. The molecule has 4 heteroatoms. The van der Waals surface area contributed by atoms with Crippen LogP contribution < -0.4 is 5.32 Å². The van der Waals surface area contributed by atoms with Gasteiger partial charge in [0.05, 0.1) is 6.10 Å². The van der Waals surface area contributed by atoms with Crippen LogP contribution in [0.2, 0.25) is 0 Å². The zero-order valence-electron chi connectivity index (χ0n) is 10.4. The van der Waals surface area contributed by atoms with Gasteiger partial charge in [-0.3, -0.25) is 4.79 Å². The van der Waals surface area contributed by atoms with Crippen LogP contribution >= 0.6 is 0 Å². The number of carbonyl (C=O) groups is 1. The number of benzene rings is 1. The van der Waals surface area contributed by atoms with Crippen LogP contribution in [-0.4, -0.2) is 41.7 Å². The first-order chi connectivity index (χ1) is 8.74. The number of anilines is 1. The van der Waals surface area contributed by atoms with Crippen LogP contribution in [-0.2, 0) is 6.42 Å². The third-order valence-electron chi connectivity index (χ3n) is 3.74. The van der Waals surface area contributed by atoms with Gasteiger partial charge in [0, 0.05) is 30.9 Å². The Balaban J connectivity index is 1.81. The molecule has 1 aromatic rings. The van der Waals surface area contributed by atoms with E-state index in [-0.39, 0.29) is 12.0 Å². The van der Waals surface area contributed by atoms with Crippen LogP contribution in [0.1, 0.15) is 28.8 Å². The molecule has 2 heterocycles. The summed E-state index contributed by atoms with van der Waals surface area (Å²) >= 11 is 0. The standard InChI is InChI=1S/C14H18N2O2/c17-12-5-7-16(9-12)14(18)11-3-4-13-10(8-11)2-1-6-15-13/h3-4,8,12,15,17H,1-2,5-7,9H2/t12-/m0/s1. The van der Waals surface area contributed by atoms with E-state index in [0.29, 0.717) is 19.5 Å². The largest absolute Gasteiger partial charge is 0.391 e. The van der Waals surface area contributed by atoms with E-state index in [1.807, 2.05) is 18.2 Å². The van der Waals surface area contributed by atoms with Crippen molar-refractivity contribution >= 4 is 11.6 Å². The van der Waals surface area contributed by atoms with E-state index in [4.69, 9.17) is 0 Å². The highest BCUT2D eigenvalue weighted by Gasteiger charge is 2.25. The molecule has 96 valence electrons. The fraction of sp³-hybridized carbons (Fsp3) is 0.500. The summed E-state index contributed by atoms with van der Waals surface area (Å²) in [7, 11) is 0. The number of hydrogen-bond acceptors (Lipinski definition) is 3. The average molecular weight is 246 g/mol.